The van der Waals surface area contributed by atoms with Crippen LogP contribution in [-0.2, 0) is 0 Å². The van der Waals surface area contributed by atoms with Crippen LogP contribution in [0, 0.1) is 0 Å². The van der Waals surface area contributed by atoms with Crippen LogP contribution < -0.4 is 0 Å². The summed E-state index contributed by atoms with van der Waals surface area (Å²) in [5.41, 5.74) is 0. The number of rotatable bonds is 4. The van der Waals surface area contributed by atoms with Crippen LogP contribution in [0.25, 0.3) is 0 Å². The highest BCUT2D eigenvalue weighted by Crippen LogP contribution is 2.53. The molecule has 0 N–H and O–H groups in total. The van der Waals surface area contributed by atoms with Crippen LogP contribution in [0.15, 0.2) is 0 Å². The minimum Gasteiger partial charge on any atom is -0.304 e. The molecule has 0 saturated heterocycles. The van der Waals surface area contributed by atoms with E-state index in [0.29, 0.717) is 0 Å². The summed E-state index contributed by atoms with van der Waals surface area (Å²) >= 11 is 0. The Morgan fingerprint density at radius 2 is 0.714 bits per heavy atom. The van der Waals surface area contributed by atoms with E-state index in [1.807, 2.05) is 0 Å². The summed E-state index contributed by atoms with van der Waals surface area (Å²) in [4.78, 5) is 2.38. The smallest absolute Gasteiger partial charge is 0.304 e. The molecule has 0 unspecified atom stereocenters. The second kappa shape index (κ2) is 7.50. The average Bonchev–Trinajstić information content (AvgIpc) is 2.29. The van der Waals surface area contributed by atoms with Gasteiger partial charge in [-0.25, -0.2) is 0 Å². The topological polar surface area (TPSA) is 3.24 Å². The minimum absolute atomic E-state index is 1.19. The molecule has 0 aliphatic rings. The minimum atomic E-state index is -7.14. The van der Waals surface area contributed by atoms with Crippen molar-refractivity contribution >= 4 is 0 Å². The maximum absolute atomic E-state index is 11.6. The van der Waals surface area contributed by atoms with Crippen molar-refractivity contribution in [3.8, 4) is 0 Å². The van der Waals surface area contributed by atoms with Gasteiger partial charge in [0.15, 0.2) is 0 Å². The first kappa shape index (κ1) is 22.5. The van der Waals surface area contributed by atoms with Crippen molar-refractivity contribution in [1.82, 2.24) is 4.90 Å². The Balaban J connectivity index is 0. The van der Waals surface area contributed by atoms with Gasteiger partial charge in [0.1, 0.15) is 0 Å². The number of hydrogen-bond acceptors (Lipinski definition) is 1. The number of alkyl halides is 10. The van der Waals surface area contributed by atoms with Crippen LogP contribution in [-0.4, -0.2) is 48.7 Å². The maximum atomic E-state index is 11.6. The first-order chi connectivity index (χ1) is 9.10. The lowest BCUT2D eigenvalue weighted by molar-refractivity contribution is -0.419. The van der Waals surface area contributed by atoms with E-state index >= 15 is 0 Å². The van der Waals surface area contributed by atoms with Gasteiger partial charge in [-0.3, -0.25) is 0 Å². The molecule has 0 radical (unpaired) electrons. The molecule has 0 saturated carbocycles. The molecule has 130 valence electrons. The summed E-state index contributed by atoms with van der Waals surface area (Å²) in [6.45, 7) is 10.1. The van der Waals surface area contributed by atoms with Gasteiger partial charge in [0.25, 0.3) is 0 Å². The molecule has 0 aromatic heterocycles. The molecule has 0 atom stereocenters. The molecule has 0 aliphatic carbocycles. The van der Waals surface area contributed by atoms with Crippen molar-refractivity contribution in [1.29, 1.82) is 0 Å². The highest BCUT2D eigenvalue weighted by atomic mass is 19.4. The molecule has 0 aromatic rings. The summed E-state index contributed by atoms with van der Waals surface area (Å²) in [6.07, 6.45) is -13.9. The van der Waals surface area contributed by atoms with E-state index in [9.17, 15) is 43.9 Å². The molecular formula is C10H15F10N. The summed E-state index contributed by atoms with van der Waals surface area (Å²) in [5, 5.41) is 0. The highest BCUT2D eigenvalue weighted by molar-refractivity contribution is 4.95. The van der Waals surface area contributed by atoms with Gasteiger partial charge in [0.05, 0.1) is 0 Å². The quantitative estimate of drug-likeness (QED) is 0.670. The average molecular weight is 339 g/mol. The molecule has 1 nitrogen and oxygen atoms in total. The van der Waals surface area contributed by atoms with E-state index in [0.717, 1.165) is 0 Å². The Morgan fingerprint density at radius 1 is 0.524 bits per heavy atom. The Bertz CT molecular complexity index is 260. The number of hydrogen-bond donors (Lipinski definition) is 0. The monoisotopic (exact) mass is 339 g/mol. The van der Waals surface area contributed by atoms with Crippen LogP contribution in [0.3, 0.4) is 0 Å². The largest absolute Gasteiger partial charge is 0.460 e. The first-order valence-corrected chi connectivity index (χ1v) is 5.71. The van der Waals surface area contributed by atoms with Gasteiger partial charge in [-0.1, -0.05) is 20.8 Å². The van der Waals surface area contributed by atoms with Gasteiger partial charge < -0.3 is 4.90 Å². The maximum Gasteiger partial charge on any atom is 0.460 e. The van der Waals surface area contributed by atoms with Gasteiger partial charge in [0, 0.05) is 0 Å². The molecule has 0 rings (SSSR count). The van der Waals surface area contributed by atoms with E-state index < -0.39 is 24.2 Å². The van der Waals surface area contributed by atoms with Gasteiger partial charge in [-0.2, -0.15) is 43.9 Å². The molecule has 0 heterocycles. The van der Waals surface area contributed by atoms with E-state index in [1.165, 1.54) is 19.6 Å². The zero-order chi connectivity index (χ0) is 17.7. The third kappa shape index (κ3) is 5.51. The van der Waals surface area contributed by atoms with E-state index in [1.54, 1.807) is 0 Å². The zero-order valence-corrected chi connectivity index (χ0v) is 11.3. The van der Waals surface area contributed by atoms with Gasteiger partial charge in [-0.05, 0) is 19.6 Å². The van der Waals surface area contributed by atoms with Crippen LogP contribution in [0.5, 0.6) is 0 Å². The van der Waals surface area contributed by atoms with Crippen LogP contribution >= 0.6 is 0 Å². The van der Waals surface area contributed by atoms with E-state index in [-0.39, 0.29) is 0 Å². The SMILES string of the molecule is CCN(CC)CC.FC(F)(F)C(F)(F)C(F)(F)C(F)(F)F. The summed E-state index contributed by atoms with van der Waals surface area (Å²) in [5.74, 6) is -14.3. The van der Waals surface area contributed by atoms with Gasteiger partial charge >= 0.3 is 24.2 Å². The fourth-order valence-electron chi connectivity index (χ4n) is 1.03. The van der Waals surface area contributed by atoms with Crippen LogP contribution in [0.1, 0.15) is 20.8 Å². The zero-order valence-electron chi connectivity index (χ0n) is 11.3. The normalized spacial score (nSPS) is 14.0. The van der Waals surface area contributed by atoms with Crippen molar-refractivity contribution in [3.63, 3.8) is 0 Å². The Labute approximate surface area is 114 Å². The summed E-state index contributed by atoms with van der Waals surface area (Å²) < 4.78 is 113. The van der Waals surface area contributed by atoms with E-state index in [4.69, 9.17) is 0 Å². The Kier molecular flexibility index (Phi) is 8.05. The van der Waals surface area contributed by atoms with Crippen LogP contribution in [0.2, 0.25) is 0 Å². The molecule has 0 spiro atoms. The first-order valence-electron chi connectivity index (χ1n) is 5.71. The Hall–Kier alpha value is -0.740. The fraction of sp³-hybridized carbons (Fsp3) is 1.00. The lowest BCUT2D eigenvalue weighted by atomic mass is 10.1. The van der Waals surface area contributed by atoms with E-state index in [2.05, 4.69) is 25.7 Å². The van der Waals surface area contributed by atoms with Gasteiger partial charge in [0.2, 0.25) is 0 Å². The third-order valence-electron chi connectivity index (χ3n) is 2.45. The van der Waals surface area contributed by atoms with Crippen LogP contribution in [0.4, 0.5) is 43.9 Å². The van der Waals surface area contributed by atoms with Gasteiger partial charge in [-0.15, -0.1) is 0 Å². The molecule has 0 bridgehead atoms. The lowest BCUT2D eigenvalue weighted by Gasteiger charge is -2.29. The Morgan fingerprint density at radius 3 is 0.762 bits per heavy atom. The molecule has 0 aliphatic heterocycles. The van der Waals surface area contributed by atoms with Crippen molar-refractivity contribution in [3.05, 3.63) is 0 Å². The summed E-state index contributed by atoms with van der Waals surface area (Å²) in [7, 11) is 0. The van der Waals surface area contributed by atoms with Crippen molar-refractivity contribution in [2.75, 3.05) is 19.6 Å². The van der Waals surface area contributed by atoms with Crippen molar-refractivity contribution < 1.29 is 43.9 Å². The number of nitrogens with zero attached hydrogens (tertiary/aromatic N) is 1. The third-order valence-corrected chi connectivity index (χ3v) is 2.45. The molecule has 11 heteroatoms. The second-order valence-electron chi connectivity index (χ2n) is 3.76. The van der Waals surface area contributed by atoms with Crippen molar-refractivity contribution in [2.45, 2.75) is 45.0 Å². The lowest BCUT2D eigenvalue weighted by Crippen LogP contribution is -2.59. The fourth-order valence-corrected chi connectivity index (χ4v) is 1.03. The highest BCUT2D eigenvalue weighted by Gasteiger charge is 2.82. The molecule has 0 fully saturated rings. The number of halogens is 10. The second-order valence-corrected chi connectivity index (χ2v) is 3.76. The standard InChI is InChI=1S/C6H15N.C4F10/c1-4-7(5-2)6-3;5-1(6,3(9,10)11)2(7,8)4(12,13)14/h4-6H2,1-3H3;. The molecular weight excluding hydrogens is 324 g/mol. The molecule has 0 aromatic carbocycles. The summed E-state index contributed by atoms with van der Waals surface area (Å²) in [6, 6.07) is 0. The van der Waals surface area contributed by atoms with Crippen molar-refractivity contribution in [2.24, 2.45) is 0 Å². The molecule has 21 heavy (non-hydrogen) atoms. The molecule has 0 amide bonds. The predicted molar refractivity (Wildman–Crippen MR) is 55.5 cm³/mol. The predicted octanol–water partition coefficient (Wildman–Crippen LogP) is 4.73.